The Hall–Kier alpha value is -2.04. The smallest absolute Gasteiger partial charge is 0.326 e. The van der Waals surface area contributed by atoms with Gasteiger partial charge in [0.2, 0.25) is 0 Å². The highest BCUT2D eigenvalue weighted by molar-refractivity contribution is 5.97. The SMILES string of the molecule is O=C(c1ccc2c(c1)[nH]c(=O)n2C1CCCC1)N1CCCC1. The largest absolute Gasteiger partial charge is 0.339 e. The highest BCUT2D eigenvalue weighted by Crippen LogP contribution is 2.30. The van der Waals surface area contributed by atoms with Gasteiger partial charge in [0.1, 0.15) is 0 Å². The van der Waals surface area contributed by atoms with Crippen molar-refractivity contribution in [2.45, 2.75) is 44.6 Å². The van der Waals surface area contributed by atoms with Crippen molar-refractivity contribution >= 4 is 16.9 Å². The predicted octanol–water partition coefficient (Wildman–Crippen LogP) is 2.68. The zero-order valence-electron chi connectivity index (χ0n) is 12.7. The topological polar surface area (TPSA) is 58.1 Å². The number of aromatic nitrogens is 2. The van der Waals surface area contributed by atoms with Crippen LogP contribution in [0.15, 0.2) is 23.0 Å². The Labute approximate surface area is 128 Å². The third kappa shape index (κ3) is 2.16. The highest BCUT2D eigenvalue weighted by atomic mass is 16.2. The molecule has 0 spiro atoms. The van der Waals surface area contributed by atoms with E-state index in [4.69, 9.17) is 0 Å². The van der Waals surface area contributed by atoms with Crippen molar-refractivity contribution in [1.82, 2.24) is 14.5 Å². The zero-order chi connectivity index (χ0) is 15.1. The number of carbonyl (C=O) groups is 1. The Morgan fingerprint density at radius 2 is 1.82 bits per heavy atom. The summed E-state index contributed by atoms with van der Waals surface area (Å²) in [7, 11) is 0. The van der Waals surface area contributed by atoms with Crippen LogP contribution in [0.1, 0.15) is 54.9 Å². The predicted molar refractivity (Wildman–Crippen MR) is 85.2 cm³/mol. The number of hydrogen-bond donors (Lipinski definition) is 1. The number of likely N-dealkylation sites (tertiary alicyclic amines) is 1. The molecular formula is C17H21N3O2. The number of H-pyrrole nitrogens is 1. The molecule has 0 atom stereocenters. The van der Waals surface area contributed by atoms with E-state index < -0.39 is 0 Å². The van der Waals surface area contributed by atoms with E-state index in [1.165, 1.54) is 12.8 Å². The van der Waals surface area contributed by atoms with E-state index in [-0.39, 0.29) is 11.6 Å². The number of carbonyl (C=O) groups excluding carboxylic acids is 1. The van der Waals surface area contributed by atoms with Crippen molar-refractivity contribution in [3.05, 3.63) is 34.2 Å². The third-order valence-corrected chi connectivity index (χ3v) is 5.05. The molecule has 1 N–H and O–H groups in total. The number of rotatable bonds is 2. The van der Waals surface area contributed by atoms with Crippen LogP contribution in [0.2, 0.25) is 0 Å². The van der Waals surface area contributed by atoms with E-state index >= 15 is 0 Å². The second kappa shape index (κ2) is 5.30. The highest BCUT2D eigenvalue weighted by Gasteiger charge is 2.23. The number of nitrogens with zero attached hydrogens (tertiary/aromatic N) is 2. The lowest BCUT2D eigenvalue weighted by atomic mass is 10.1. The molecule has 5 nitrogen and oxygen atoms in total. The summed E-state index contributed by atoms with van der Waals surface area (Å²) in [6.07, 6.45) is 6.69. The number of aromatic amines is 1. The van der Waals surface area contributed by atoms with Crippen LogP contribution in [0.3, 0.4) is 0 Å². The molecule has 0 bridgehead atoms. The molecule has 1 aliphatic heterocycles. The maximum absolute atomic E-state index is 12.5. The molecule has 4 rings (SSSR count). The van der Waals surface area contributed by atoms with Crippen molar-refractivity contribution in [2.75, 3.05) is 13.1 Å². The van der Waals surface area contributed by atoms with E-state index in [0.717, 1.165) is 49.8 Å². The van der Waals surface area contributed by atoms with E-state index in [2.05, 4.69) is 4.98 Å². The summed E-state index contributed by atoms with van der Waals surface area (Å²) < 4.78 is 1.88. The Morgan fingerprint density at radius 3 is 2.55 bits per heavy atom. The van der Waals surface area contributed by atoms with Crippen LogP contribution < -0.4 is 5.69 Å². The first-order valence-corrected chi connectivity index (χ1v) is 8.27. The summed E-state index contributed by atoms with van der Waals surface area (Å²) in [5, 5.41) is 0. The van der Waals surface area contributed by atoms with E-state index in [1.54, 1.807) is 0 Å². The Morgan fingerprint density at radius 1 is 1.09 bits per heavy atom. The van der Waals surface area contributed by atoms with Gasteiger partial charge < -0.3 is 9.88 Å². The number of amides is 1. The molecular weight excluding hydrogens is 278 g/mol. The van der Waals surface area contributed by atoms with Crippen LogP contribution in [0.4, 0.5) is 0 Å². The van der Waals surface area contributed by atoms with Gasteiger partial charge >= 0.3 is 5.69 Å². The quantitative estimate of drug-likeness (QED) is 0.927. The van der Waals surface area contributed by atoms with Gasteiger partial charge in [0.15, 0.2) is 0 Å². The zero-order valence-corrected chi connectivity index (χ0v) is 12.7. The summed E-state index contributed by atoms with van der Waals surface area (Å²) in [6, 6.07) is 5.93. The minimum Gasteiger partial charge on any atom is -0.339 e. The van der Waals surface area contributed by atoms with Gasteiger partial charge in [0, 0.05) is 24.7 Å². The van der Waals surface area contributed by atoms with Gasteiger partial charge in [-0.05, 0) is 43.9 Å². The van der Waals surface area contributed by atoms with Gasteiger partial charge in [-0.25, -0.2) is 4.79 Å². The second-order valence-corrected chi connectivity index (χ2v) is 6.47. The number of fused-ring (bicyclic) bond motifs is 1. The molecule has 1 saturated carbocycles. The van der Waals surface area contributed by atoms with Gasteiger partial charge in [0.05, 0.1) is 11.0 Å². The minimum atomic E-state index is -0.0485. The first-order valence-electron chi connectivity index (χ1n) is 8.27. The van der Waals surface area contributed by atoms with Crippen molar-refractivity contribution < 1.29 is 4.79 Å². The van der Waals surface area contributed by atoms with Crippen LogP contribution in [-0.2, 0) is 0 Å². The maximum Gasteiger partial charge on any atom is 0.326 e. The van der Waals surface area contributed by atoms with E-state index in [9.17, 15) is 9.59 Å². The van der Waals surface area contributed by atoms with E-state index in [1.807, 2.05) is 27.7 Å². The first-order chi connectivity index (χ1) is 10.7. The summed E-state index contributed by atoms with van der Waals surface area (Å²) in [6.45, 7) is 1.69. The minimum absolute atomic E-state index is 0.0485. The molecule has 1 saturated heterocycles. The van der Waals surface area contributed by atoms with Crippen molar-refractivity contribution in [1.29, 1.82) is 0 Å². The summed E-state index contributed by atoms with van der Waals surface area (Å²) in [4.78, 5) is 29.6. The molecule has 116 valence electrons. The fraction of sp³-hybridized carbons (Fsp3) is 0.529. The van der Waals surface area contributed by atoms with Crippen LogP contribution in [-0.4, -0.2) is 33.4 Å². The first kappa shape index (κ1) is 13.6. The van der Waals surface area contributed by atoms with Gasteiger partial charge in [-0.3, -0.25) is 9.36 Å². The number of imidazole rings is 1. The monoisotopic (exact) mass is 299 g/mol. The standard InChI is InChI=1S/C17H21N3O2/c21-16(19-9-3-4-10-19)12-7-8-15-14(11-12)18-17(22)20(15)13-5-1-2-6-13/h7-8,11,13H,1-6,9-10H2,(H,18,22). The number of hydrogen-bond acceptors (Lipinski definition) is 2. The lowest BCUT2D eigenvalue weighted by Gasteiger charge is -2.15. The average Bonchev–Trinajstić information content (AvgIpc) is 3.25. The fourth-order valence-corrected chi connectivity index (χ4v) is 3.89. The summed E-state index contributed by atoms with van der Waals surface area (Å²) >= 11 is 0. The molecule has 1 aromatic heterocycles. The third-order valence-electron chi connectivity index (χ3n) is 5.05. The molecule has 1 aliphatic carbocycles. The van der Waals surface area contributed by atoms with Crippen LogP contribution >= 0.6 is 0 Å². The maximum atomic E-state index is 12.5. The molecule has 0 unspecified atom stereocenters. The molecule has 2 fully saturated rings. The summed E-state index contributed by atoms with van der Waals surface area (Å²) in [5.41, 5.74) is 2.33. The Balaban J connectivity index is 1.72. The van der Waals surface area contributed by atoms with Gasteiger partial charge in [-0.2, -0.15) is 0 Å². The number of benzene rings is 1. The lowest BCUT2D eigenvalue weighted by molar-refractivity contribution is 0.0793. The molecule has 0 radical (unpaired) electrons. The Bertz CT molecular complexity index is 762. The second-order valence-electron chi connectivity index (χ2n) is 6.47. The van der Waals surface area contributed by atoms with Gasteiger partial charge in [-0.1, -0.05) is 12.8 Å². The molecule has 2 aliphatic rings. The van der Waals surface area contributed by atoms with Crippen molar-refractivity contribution in [3.8, 4) is 0 Å². The number of nitrogens with one attached hydrogen (secondary N) is 1. The van der Waals surface area contributed by atoms with Crippen molar-refractivity contribution in [2.24, 2.45) is 0 Å². The molecule has 5 heteroatoms. The molecule has 2 heterocycles. The molecule has 1 aromatic carbocycles. The van der Waals surface area contributed by atoms with Crippen molar-refractivity contribution in [3.63, 3.8) is 0 Å². The summed E-state index contributed by atoms with van der Waals surface area (Å²) in [5.74, 6) is 0.0777. The van der Waals surface area contributed by atoms with Crippen LogP contribution in [0, 0.1) is 0 Å². The normalized spacial score (nSPS) is 19.4. The molecule has 1 amide bonds. The van der Waals surface area contributed by atoms with E-state index in [0.29, 0.717) is 11.6 Å². The van der Waals surface area contributed by atoms with Crippen LogP contribution in [0.5, 0.6) is 0 Å². The van der Waals surface area contributed by atoms with Crippen LogP contribution in [0.25, 0.3) is 11.0 Å². The van der Waals surface area contributed by atoms with Gasteiger partial charge in [0.25, 0.3) is 5.91 Å². The Kier molecular flexibility index (Phi) is 3.28. The van der Waals surface area contributed by atoms with Gasteiger partial charge in [-0.15, -0.1) is 0 Å². The molecule has 2 aromatic rings. The average molecular weight is 299 g/mol. The lowest BCUT2D eigenvalue weighted by Crippen LogP contribution is -2.27. The fourth-order valence-electron chi connectivity index (χ4n) is 3.89. The molecule has 22 heavy (non-hydrogen) atoms.